The Labute approximate surface area is 375 Å². The molecule has 6 aromatic carbocycles. The van der Waals surface area contributed by atoms with Gasteiger partial charge in [0.2, 0.25) is 22.1 Å². The highest BCUT2D eigenvalue weighted by atomic mass is 15.3. The minimum absolute atomic E-state index is 0.829. The van der Waals surface area contributed by atoms with Gasteiger partial charge in [-0.2, -0.15) is 9.13 Å². The van der Waals surface area contributed by atoms with Crippen LogP contribution >= 0.6 is 0 Å². The molecule has 1 aliphatic rings. The highest BCUT2D eigenvalue weighted by Gasteiger charge is 2.18. The number of benzene rings is 6. The van der Waals surface area contributed by atoms with Crippen LogP contribution in [-0.4, -0.2) is 68.4 Å². The number of nitrogens with one attached hydrogen (secondary N) is 1. The first-order valence-corrected chi connectivity index (χ1v) is 21.9. The molecule has 0 spiro atoms. The SMILES string of the molecule is CN(C)c1ccc2nc3ccccc3[n+](C)c2c1.C[NH+](C)C1=CC/C(=C(/c2ccccc2)c2ccc([N+](C)(C)C)cc2)C=C1.Cc1c2ccccc2[n+](C)c2cc(N(C)C)ccc12. The first-order chi connectivity index (χ1) is 30.1. The largest absolute Gasteiger partial charge is 0.377 e. The second kappa shape index (κ2) is 18.7. The van der Waals surface area contributed by atoms with Gasteiger partial charge in [-0.1, -0.05) is 60.7 Å². The number of likely N-dealkylation sites (N-methyl/N-ethyl adjacent to an activating group) is 1. The van der Waals surface area contributed by atoms with E-state index in [0.29, 0.717) is 0 Å². The summed E-state index contributed by atoms with van der Waals surface area (Å²) in [5.41, 5.74) is 18.6. The van der Waals surface area contributed by atoms with Crippen molar-refractivity contribution in [1.82, 2.24) is 9.47 Å². The van der Waals surface area contributed by atoms with Gasteiger partial charge in [-0.15, -0.1) is 0 Å². The molecule has 0 saturated heterocycles. The topological polar surface area (TPSA) is 31.6 Å². The lowest BCUT2D eigenvalue weighted by Gasteiger charge is -2.24. The molecule has 0 radical (unpaired) electrons. The molecule has 2 aromatic heterocycles. The van der Waals surface area contributed by atoms with E-state index in [9.17, 15) is 0 Å². The minimum Gasteiger partial charge on any atom is -0.377 e. The summed E-state index contributed by atoms with van der Waals surface area (Å²) >= 11 is 0. The number of para-hydroxylation sites is 3. The van der Waals surface area contributed by atoms with E-state index in [1.165, 1.54) is 77.3 Å². The summed E-state index contributed by atoms with van der Waals surface area (Å²) in [6.07, 6.45) is 7.85. The number of anilines is 2. The molecular formula is C56H65N7+4. The Morgan fingerprint density at radius 3 is 1.73 bits per heavy atom. The van der Waals surface area contributed by atoms with Crippen LogP contribution in [0.1, 0.15) is 23.1 Å². The number of hydrogen-bond acceptors (Lipinski definition) is 3. The van der Waals surface area contributed by atoms with Crippen molar-refractivity contribution < 1.29 is 14.0 Å². The van der Waals surface area contributed by atoms with E-state index in [-0.39, 0.29) is 0 Å². The zero-order chi connectivity index (χ0) is 45.0. The van der Waals surface area contributed by atoms with E-state index in [4.69, 9.17) is 4.98 Å². The van der Waals surface area contributed by atoms with Crippen LogP contribution in [0.3, 0.4) is 0 Å². The fraction of sp³-hybridized carbons (Fsp3) is 0.232. The molecule has 0 aliphatic heterocycles. The monoisotopic (exact) mass is 836 g/mol. The molecule has 2 heterocycles. The van der Waals surface area contributed by atoms with Crippen LogP contribution in [0.2, 0.25) is 0 Å². The lowest BCUT2D eigenvalue weighted by Crippen LogP contribution is -3.03. The maximum Gasteiger partial charge on any atom is 0.233 e. The average molecular weight is 836 g/mol. The molecule has 0 unspecified atom stereocenters. The Hall–Kier alpha value is -6.67. The molecule has 0 atom stereocenters. The van der Waals surface area contributed by atoms with Gasteiger partial charge in [0.1, 0.15) is 36.5 Å². The summed E-state index contributed by atoms with van der Waals surface area (Å²) in [4.78, 5) is 10.3. The Balaban J connectivity index is 0.000000145. The number of nitrogens with zero attached hydrogens (tertiary/aromatic N) is 6. The predicted octanol–water partition coefficient (Wildman–Crippen LogP) is 9.14. The van der Waals surface area contributed by atoms with Crippen molar-refractivity contribution in [3.63, 3.8) is 0 Å². The summed E-state index contributed by atoms with van der Waals surface area (Å²) in [6, 6.07) is 49.6. The predicted molar refractivity (Wildman–Crippen MR) is 270 cm³/mol. The Kier molecular flexibility index (Phi) is 13.2. The summed E-state index contributed by atoms with van der Waals surface area (Å²) < 4.78 is 5.31. The number of quaternary nitrogens is 2. The van der Waals surface area contributed by atoms with Crippen LogP contribution in [0.5, 0.6) is 0 Å². The standard InChI is InChI=1S/C24H29N2.C17H19N2.C15H16N3/c1-25(2)22-15-11-20(12-16-22)24(19-9-7-6-8-10-19)21-13-17-23(18-14-21)26(3,4)5;1-12-14-7-5-6-8-16(14)19(4)17-11-13(18(2)3)9-10-15(12)17;1-17(2)11-8-9-13-15(10-11)18(3)14-7-5-4-6-12(14)16-13/h6-11,13-18H,12H2,1-5H3;5-11H,1-4H3;4-10H,1-3H3/q3*+1/p+1/b24-20-;;. The Morgan fingerprint density at radius 2 is 1.11 bits per heavy atom. The molecule has 9 rings (SSSR count). The number of fused-ring (bicyclic) bond motifs is 4. The van der Waals surface area contributed by atoms with Gasteiger partial charge in [0.15, 0.2) is 0 Å². The van der Waals surface area contributed by atoms with Crippen molar-refractivity contribution in [1.29, 1.82) is 0 Å². The molecule has 0 saturated carbocycles. The third kappa shape index (κ3) is 9.71. The number of aryl methyl sites for hydroxylation is 3. The van der Waals surface area contributed by atoms with Crippen molar-refractivity contribution in [2.24, 2.45) is 14.1 Å². The fourth-order valence-corrected chi connectivity index (χ4v) is 8.33. The summed E-state index contributed by atoms with van der Waals surface area (Å²) in [6.45, 7) is 2.21. The van der Waals surface area contributed by atoms with Gasteiger partial charge < -0.3 is 14.7 Å². The lowest BCUT2D eigenvalue weighted by atomic mass is 9.89. The van der Waals surface area contributed by atoms with Crippen molar-refractivity contribution in [2.75, 3.05) is 73.2 Å². The van der Waals surface area contributed by atoms with Gasteiger partial charge >= 0.3 is 0 Å². The third-order valence-electron chi connectivity index (χ3n) is 12.2. The molecule has 7 heteroatoms. The zero-order valence-corrected chi connectivity index (χ0v) is 39.4. The molecule has 8 aromatic rings. The average Bonchev–Trinajstić information content (AvgIpc) is 3.29. The number of pyridine rings is 1. The second-order valence-electron chi connectivity index (χ2n) is 18.0. The van der Waals surface area contributed by atoms with E-state index in [2.05, 4.69) is 249 Å². The van der Waals surface area contributed by atoms with Crippen LogP contribution in [0, 0.1) is 6.92 Å². The normalized spacial score (nSPS) is 13.4. The van der Waals surface area contributed by atoms with Crippen molar-refractivity contribution in [2.45, 2.75) is 13.3 Å². The molecular weight excluding hydrogens is 771 g/mol. The summed E-state index contributed by atoms with van der Waals surface area (Å²) in [5, 5.41) is 2.65. The van der Waals surface area contributed by atoms with Gasteiger partial charge in [-0.25, -0.2) is 4.98 Å². The zero-order valence-electron chi connectivity index (χ0n) is 39.4. The first kappa shape index (κ1) is 44.4. The molecule has 320 valence electrons. The number of allylic oxidation sites excluding steroid dienone is 4. The maximum atomic E-state index is 4.70. The first-order valence-electron chi connectivity index (χ1n) is 21.9. The van der Waals surface area contributed by atoms with E-state index >= 15 is 0 Å². The quantitative estimate of drug-likeness (QED) is 0.103. The molecule has 0 amide bonds. The Bertz CT molecular complexity index is 3000. The van der Waals surface area contributed by atoms with Crippen LogP contribution in [-0.2, 0) is 14.1 Å². The van der Waals surface area contributed by atoms with Crippen molar-refractivity contribution in [3.8, 4) is 0 Å². The van der Waals surface area contributed by atoms with Crippen LogP contribution < -0.4 is 28.3 Å². The third-order valence-corrected chi connectivity index (χ3v) is 12.2. The number of hydrogen-bond donors (Lipinski definition) is 1. The maximum absolute atomic E-state index is 4.70. The van der Waals surface area contributed by atoms with E-state index < -0.39 is 0 Å². The van der Waals surface area contributed by atoms with Gasteiger partial charge in [0.25, 0.3) is 0 Å². The second-order valence-corrected chi connectivity index (χ2v) is 18.0. The molecule has 1 N–H and O–H groups in total. The highest BCUT2D eigenvalue weighted by Crippen LogP contribution is 2.33. The van der Waals surface area contributed by atoms with Crippen LogP contribution in [0.15, 0.2) is 169 Å². The molecule has 63 heavy (non-hydrogen) atoms. The number of rotatable bonds is 6. The van der Waals surface area contributed by atoms with E-state index in [1.807, 2.05) is 12.1 Å². The molecule has 7 nitrogen and oxygen atoms in total. The van der Waals surface area contributed by atoms with Gasteiger partial charge in [-0.05, 0) is 114 Å². The minimum atomic E-state index is 0.829. The smallest absolute Gasteiger partial charge is 0.233 e. The van der Waals surface area contributed by atoms with E-state index in [1.54, 1.807) is 0 Å². The van der Waals surface area contributed by atoms with Gasteiger partial charge in [0.05, 0.1) is 40.6 Å². The van der Waals surface area contributed by atoms with Gasteiger partial charge in [0, 0.05) is 69.2 Å². The molecule has 1 aliphatic carbocycles. The van der Waals surface area contributed by atoms with Gasteiger partial charge in [-0.3, -0.25) is 4.48 Å². The summed E-state index contributed by atoms with van der Waals surface area (Å²) in [5.74, 6) is 0. The number of aromatic nitrogens is 3. The van der Waals surface area contributed by atoms with Crippen LogP contribution in [0.25, 0.3) is 49.4 Å². The van der Waals surface area contributed by atoms with E-state index in [0.717, 1.165) is 33.0 Å². The van der Waals surface area contributed by atoms with Crippen LogP contribution in [0.4, 0.5) is 17.1 Å². The highest BCUT2D eigenvalue weighted by molar-refractivity contribution is 5.95. The lowest BCUT2D eigenvalue weighted by molar-refractivity contribution is -0.813. The van der Waals surface area contributed by atoms with Crippen molar-refractivity contribution in [3.05, 3.63) is 186 Å². The Morgan fingerprint density at radius 1 is 0.571 bits per heavy atom. The summed E-state index contributed by atoms with van der Waals surface area (Å²) in [7, 11) is 23.4. The van der Waals surface area contributed by atoms with Crippen molar-refractivity contribution >= 4 is 66.5 Å². The molecule has 0 fully saturated rings. The fourth-order valence-electron chi connectivity index (χ4n) is 8.33. The molecule has 0 bridgehead atoms.